The van der Waals surface area contributed by atoms with Gasteiger partial charge in [-0.15, -0.1) is 0 Å². The molecule has 5 atom stereocenters. The van der Waals surface area contributed by atoms with Crippen molar-refractivity contribution in [2.75, 3.05) is 25.0 Å². The molecule has 3 amide bonds. The van der Waals surface area contributed by atoms with Crippen LogP contribution in [0.1, 0.15) is 52.4 Å². The average molecular weight is 508 g/mol. The number of carbonyl (C=O) groups is 3. The number of nitrogens with one attached hydrogen (secondary N) is 2. The molecule has 3 fully saturated rings. The van der Waals surface area contributed by atoms with E-state index in [1.807, 2.05) is 56.3 Å². The molecule has 3 N–H and O–H groups in total. The van der Waals surface area contributed by atoms with Crippen LogP contribution in [-0.4, -0.2) is 64.7 Å². The minimum Gasteiger partial charge on any atom is -0.396 e. The van der Waals surface area contributed by atoms with Crippen LogP contribution in [0, 0.1) is 11.8 Å². The predicted molar refractivity (Wildman–Crippen MR) is 141 cm³/mol. The summed E-state index contributed by atoms with van der Waals surface area (Å²) in [4.78, 5) is 42.8. The summed E-state index contributed by atoms with van der Waals surface area (Å²) in [5.74, 6) is -1.94. The topological polar surface area (TPSA) is 108 Å². The Hall–Kier alpha value is -2.97. The first kappa shape index (κ1) is 25.7. The van der Waals surface area contributed by atoms with E-state index in [9.17, 15) is 19.5 Å². The molecule has 0 radical (unpaired) electrons. The van der Waals surface area contributed by atoms with Crippen LogP contribution in [0.25, 0.3) is 10.8 Å². The molecule has 2 aromatic rings. The third-order valence-electron chi connectivity index (χ3n) is 8.43. The molecule has 0 aliphatic carbocycles. The smallest absolute Gasteiger partial charge is 0.250 e. The van der Waals surface area contributed by atoms with Crippen molar-refractivity contribution in [3.63, 3.8) is 0 Å². The zero-order chi connectivity index (χ0) is 26.2. The lowest BCUT2D eigenvalue weighted by Crippen LogP contribution is -2.53. The van der Waals surface area contributed by atoms with E-state index in [4.69, 9.17) is 4.74 Å². The average Bonchev–Trinajstić information content (AvgIpc) is 3.45. The van der Waals surface area contributed by atoms with Gasteiger partial charge in [-0.2, -0.15) is 0 Å². The first-order valence-corrected chi connectivity index (χ1v) is 13.5. The molecular formula is C29H37N3O5. The highest BCUT2D eigenvalue weighted by atomic mass is 16.5. The highest BCUT2D eigenvalue weighted by molar-refractivity contribution is 6.04. The zero-order valence-corrected chi connectivity index (χ0v) is 21.7. The second-order valence-electron chi connectivity index (χ2n) is 10.9. The van der Waals surface area contributed by atoms with E-state index in [-0.39, 0.29) is 24.3 Å². The summed E-state index contributed by atoms with van der Waals surface area (Å²) in [6.45, 7) is 4.91. The van der Waals surface area contributed by atoms with Crippen LogP contribution in [0.5, 0.6) is 0 Å². The van der Waals surface area contributed by atoms with Crippen molar-refractivity contribution in [2.24, 2.45) is 11.8 Å². The predicted octanol–water partition coefficient (Wildman–Crippen LogP) is 3.23. The van der Waals surface area contributed by atoms with Crippen molar-refractivity contribution in [1.29, 1.82) is 0 Å². The Kier molecular flexibility index (Phi) is 6.98. The summed E-state index contributed by atoms with van der Waals surface area (Å²) in [6, 6.07) is 12.9. The van der Waals surface area contributed by atoms with Crippen molar-refractivity contribution in [3.8, 4) is 0 Å². The van der Waals surface area contributed by atoms with E-state index in [0.29, 0.717) is 44.5 Å². The number of anilines is 1. The first-order chi connectivity index (χ1) is 17.8. The number of aliphatic hydroxyl groups excluding tert-OH is 1. The molecule has 2 bridgehead atoms. The van der Waals surface area contributed by atoms with Gasteiger partial charge in [0.2, 0.25) is 17.7 Å². The molecule has 0 aromatic heterocycles. The number of amides is 3. The van der Waals surface area contributed by atoms with Gasteiger partial charge in [0.25, 0.3) is 0 Å². The Balaban J connectivity index is 1.47. The molecular weight excluding hydrogens is 470 g/mol. The van der Waals surface area contributed by atoms with Crippen molar-refractivity contribution < 1.29 is 24.2 Å². The minimum absolute atomic E-state index is 0.0908. The third-order valence-corrected chi connectivity index (χ3v) is 8.43. The lowest BCUT2D eigenvalue weighted by Gasteiger charge is -2.33. The zero-order valence-electron chi connectivity index (χ0n) is 21.7. The maximum absolute atomic E-state index is 13.9. The number of benzene rings is 2. The molecule has 8 heteroatoms. The maximum Gasteiger partial charge on any atom is 0.250 e. The van der Waals surface area contributed by atoms with Gasteiger partial charge in [0.05, 0.1) is 17.4 Å². The second-order valence-corrected chi connectivity index (χ2v) is 10.9. The van der Waals surface area contributed by atoms with E-state index in [1.54, 1.807) is 4.90 Å². The second kappa shape index (κ2) is 10.1. The minimum atomic E-state index is -1.03. The number of ether oxygens (including phenoxy) is 1. The molecule has 3 heterocycles. The number of likely N-dealkylation sites (tertiary alicyclic amines) is 1. The molecule has 8 nitrogen and oxygen atoms in total. The van der Waals surface area contributed by atoms with Crippen LogP contribution in [0.4, 0.5) is 5.69 Å². The summed E-state index contributed by atoms with van der Waals surface area (Å²) in [6.07, 6.45) is 4.03. The number of carbonyl (C=O) groups excluding carboxylic acids is 3. The van der Waals surface area contributed by atoms with Gasteiger partial charge >= 0.3 is 0 Å². The van der Waals surface area contributed by atoms with Crippen LogP contribution in [0.3, 0.4) is 0 Å². The molecule has 1 spiro atoms. The number of hydrogen-bond acceptors (Lipinski definition) is 5. The number of nitrogens with zero attached hydrogens (tertiary/aromatic N) is 1. The van der Waals surface area contributed by atoms with Gasteiger partial charge < -0.3 is 25.4 Å². The number of fused-ring (bicyclic) bond motifs is 2. The third kappa shape index (κ3) is 4.30. The van der Waals surface area contributed by atoms with E-state index in [0.717, 1.165) is 23.6 Å². The van der Waals surface area contributed by atoms with E-state index in [1.165, 1.54) is 0 Å². The maximum atomic E-state index is 13.9. The van der Waals surface area contributed by atoms with Gasteiger partial charge in [0.15, 0.2) is 0 Å². The van der Waals surface area contributed by atoms with Crippen molar-refractivity contribution in [1.82, 2.24) is 10.2 Å². The Bertz CT molecular complexity index is 1200. The van der Waals surface area contributed by atoms with Crippen LogP contribution >= 0.6 is 0 Å². The standard InChI is InChI=1S/C29H37N3O5/c1-3-15-30-25(34)22-23-27(36)32(16-7-4-8-17-33)24(29(23)14-13-28(22,2)37-29)26(35)31-21-12-11-19-9-5-6-10-20(19)18-21/h5-6,9-12,18,22-24,33H,3-4,7-8,13-17H2,1-2H3,(H,30,34)(H,31,35)/t22-,23-,24?,28+,29?/m0/s1. The summed E-state index contributed by atoms with van der Waals surface area (Å²) in [5, 5.41) is 17.3. The lowest BCUT2D eigenvalue weighted by atomic mass is 9.66. The lowest BCUT2D eigenvalue weighted by molar-refractivity contribution is -0.144. The molecule has 3 aliphatic rings. The number of aliphatic hydroxyl groups is 1. The van der Waals surface area contributed by atoms with Gasteiger partial charge in [-0.3, -0.25) is 14.4 Å². The number of hydrogen-bond donors (Lipinski definition) is 3. The van der Waals surface area contributed by atoms with Crippen LogP contribution < -0.4 is 10.6 Å². The number of unbranched alkanes of at least 4 members (excludes halogenated alkanes) is 2. The van der Waals surface area contributed by atoms with Crippen molar-refractivity contribution in [3.05, 3.63) is 42.5 Å². The van der Waals surface area contributed by atoms with Crippen molar-refractivity contribution in [2.45, 2.75) is 69.6 Å². The summed E-state index contributed by atoms with van der Waals surface area (Å²) in [7, 11) is 0. The fraction of sp³-hybridized carbons (Fsp3) is 0.552. The molecule has 0 saturated carbocycles. The summed E-state index contributed by atoms with van der Waals surface area (Å²) < 4.78 is 6.63. The summed E-state index contributed by atoms with van der Waals surface area (Å²) >= 11 is 0. The highest BCUT2D eigenvalue weighted by Gasteiger charge is 2.77. The molecule has 3 aliphatic heterocycles. The van der Waals surface area contributed by atoms with Gasteiger partial charge in [-0.05, 0) is 68.4 Å². The Morgan fingerprint density at radius 1 is 1.08 bits per heavy atom. The van der Waals surface area contributed by atoms with E-state index in [2.05, 4.69) is 10.6 Å². The summed E-state index contributed by atoms with van der Waals surface area (Å²) in [5.41, 5.74) is -1.15. The normalized spacial score (nSPS) is 30.1. The Labute approximate surface area is 217 Å². The first-order valence-electron chi connectivity index (χ1n) is 13.5. The molecule has 37 heavy (non-hydrogen) atoms. The fourth-order valence-electron chi connectivity index (χ4n) is 6.77. The van der Waals surface area contributed by atoms with Crippen LogP contribution in [-0.2, 0) is 19.1 Å². The van der Waals surface area contributed by atoms with Gasteiger partial charge in [-0.1, -0.05) is 37.3 Å². The Morgan fingerprint density at radius 3 is 2.62 bits per heavy atom. The van der Waals surface area contributed by atoms with Gasteiger partial charge in [0.1, 0.15) is 11.6 Å². The molecule has 2 unspecified atom stereocenters. The Morgan fingerprint density at radius 2 is 1.86 bits per heavy atom. The van der Waals surface area contributed by atoms with Crippen molar-refractivity contribution >= 4 is 34.2 Å². The van der Waals surface area contributed by atoms with Gasteiger partial charge in [0, 0.05) is 25.4 Å². The van der Waals surface area contributed by atoms with Gasteiger partial charge in [-0.25, -0.2) is 0 Å². The number of rotatable bonds is 10. The van der Waals surface area contributed by atoms with E-state index < -0.39 is 29.1 Å². The van der Waals surface area contributed by atoms with Crippen LogP contribution in [0.15, 0.2) is 42.5 Å². The monoisotopic (exact) mass is 507 g/mol. The SMILES string of the molecule is CCCNC(=O)[C@@H]1[C@H]2C(=O)N(CCCCCO)C(C(=O)Nc3ccc4ccccc4c3)C23CC[C@@]1(C)O3. The quantitative estimate of drug-likeness (QED) is 0.428. The highest BCUT2D eigenvalue weighted by Crippen LogP contribution is 2.63. The molecule has 2 aromatic carbocycles. The van der Waals surface area contributed by atoms with Crippen LogP contribution in [0.2, 0.25) is 0 Å². The fourth-order valence-corrected chi connectivity index (χ4v) is 6.77. The molecule has 198 valence electrons. The largest absolute Gasteiger partial charge is 0.396 e. The van der Waals surface area contributed by atoms with E-state index >= 15 is 0 Å². The molecule has 5 rings (SSSR count). The molecule has 3 saturated heterocycles.